The molecule has 1 unspecified atom stereocenters. The van der Waals surface area contributed by atoms with Gasteiger partial charge >= 0.3 is 6.03 Å². The minimum atomic E-state index is -0.0689. The van der Waals surface area contributed by atoms with Crippen LogP contribution in [-0.2, 0) is 11.3 Å². The molecule has 5 nitrogen and oxygen atoms in total. The van der Waals surface area contributed by atoms with Crippen molar-refractivity contribution in [3.63, 3.8) is 0 Å². The van der Waals surface area contributed by atoms with Crippen molar-refractivity contribution in [3.8, 4) is 0 Å². The molecule has 1 atom stereocenters. The van der Waals surface area contributed by atoms with Crippen molar-refractivity contribution in [1.82, 2.24) is 4.90 Å². The van der Waals surface area contributed by atoms with E-state index in [2.05, 4.69) is 12.2 Å². The van der Waals surface area contributed by atoms with E-state index in [-0.39, 0.29) is 12.1 Å². The highest BCUT2D eigenvalue weighted by atomic mass is 16.5. The van der Waals surface area contributed by atoms with Gasteiger partial charge in [0.25, 0.3) is 0 Å². The van der Waals surface area contributed by atoms with Crippen LogP contribution >= 0.6 is 0 Å². The molecule has 0 radical (unpaired) electrons. The second kappa shape index (κ2) is 7.43. The summed E-state index contributed by atoms with van der Waals surface area (Å²) in [5.74, 6) is 0.628. The van der Waals surface area contributed by atoms with Gasteiger partial charge in [-0.15, -0.1) is 0 Å². The number of carbonyl (C=O) groups is 1. The van der Waals surface area contributed by atoms with Gasteiger partial charge in [0.2, 0.25) is 0 Å². The number of nitrogens with one attached hydrogen (secondary N) is 1. The SMILES string of the molecule is COCCN(C(=O)Nc1cccc(CN)c1)C(C)C1CC1. The van der Waals surface area contributed by atoms with E-state index >= 15 is 0 Å². The van der Waals surface area contributed by atoms with E-state index in [1.807, 2.05) is 29.2 Å². The van der Waals surface area contributed by atoms with Crippen molar-refractivity contribution in [1.29, 1.82) is 0 Å². The summed E-state index contributed by atoms with van der Waals surface area (Å²) >= 11 is 0. The zero-order valence-corrected chi connectivity index (χ0v) is 12.8. The molecule has 1 aromatic carbocycles. The highest BCUT2D eigenvalue weighted by Gasteiger charge is 2.34. The van der Waals surface area contributed by atoms with E-state index in [0.29, 0.717) is 25.6 Å². The first kappa shape index (κ1) is 15.8. The van der Waals surface area contributed by atoms with Crippen molar-refractivity contribution in [2.75, 3.05) is 25.6 Å². The summed E-state index contributed by atoms with van der Waals surface area (Å²) in [7, 11) is 1.66. The van der Waals surface area contributed by atoms with Gasteiger partial charge in [0, 0.05) is 31.9 Å². The number of nitrogens with zero attached hydrogens (tertiary/aromatic N) is 1. The topological polar surface area (TPSA) is 67.6 Å². The van der Waals surface area contributed by atoms with Gasteiger partial charge in [0.05, 0.1) is 6.61 Å². The van der Waals surface area contributed by atoms with E-state index in [4.69, 9.17) is 10.5 Å². The summed E-state index contributed by atoms with van der Waals surface area (Å²) in [5, 5.41) is 2.97. The number of anilines is 1. The molecule has 0 bridgehead atoms. The molecule has 0 aromatic heterocycles. The van der Waals surface area contributed by atoms with Gasteiger partial charge in [0.1, 0.15) is 0 Å². The lowest BCUT2D eigenvalue weighted by atomic mass is 10.2. The highest BCUT2D eigenvalue weighted by Crippen LogP contribution is 2.35. The Kier molecular flexibility index (Phi) is 5.59. The van der Waals surface area contributed by atoms with E-state index in [0.717, 1.165) is 11.3 Å². The Bertz CT molecular complexity index is 474. The first-order chi connectivity index (χ1) is 10.2. The number of hydrogen-bond donors (Lipinski definition) is 2. The molecule has 2 amide bonds. The Labute approximate surface area is 126 Å². The number of nitrogens with two attached hydrogens (primary N) is 1. The van der Waals surface area contributed by atoms with Gasteiger partial charge in [-0.25, -0.2) is 4.79 Å². The number of carbonyl (C=O) groups excluding carboxylic acids is 1. The third-order valence-electron chi connectivity index (χ3n) is 4.01. The molecule has 5 heteroatoms. The van der Waals surface area contributed by atoms with Crippen molar-refractivity contribution in [2.45, 2.75) is 32.4 Å². The average Bonchev–Trinajstić information content (AvgIpc) is 3.32. The minimum Gasteiger partial charge on any atom is -0.383 e. The van der Waals surface area contributed by atoms with Crippen molar-refractivity contribution in [3.05, 3.63) is 29.8 Å². The quantitative estimate of drug-likeness (QED) is 0.810. The van der Waals surface area contributed by atoms with Crippen molar-refractivity contribution in [2.24, 2.45) is 11.7 Å². The van der Waals surface area contributed by atoms with Crippen LogP contribution in [0.1, 0.15) is 25.3 Å². The van der Waals surface area contributed by atoms with Gasteiger partial charge in [0.15, 0.2) is 0 Å². The third-order valence-corrected chi connectivity index (χ3v) is 4.01. The lowest BCUT2D eigenvalue weighted by Crippen LogP contribution is -2.44. The van der Waals surface area contributed by atoms with Crippen LogP contribution in [0.25, 0.3) is 0 Å². The van der Waals surface area contributed by atoms with E-state index in [9.17, 15) is 4.79 Å². The van der Waals surface area contributed by atoms with Crippen LogP contribution in [0.2, 0.25) is 0 Å². The average molecular weight is 291 g/mol. The van der Waals surface area contributed by atoms with Crippen molar-refractivity contribution >= 4 is 11.7 Å². The largest absolute Gasteiger partial charge is 0.383 e. The van der Waals surface area contributed by atoms with Crippen LogP contribution < -0.4 is 11.1 Å². The second-order valence-corrected chi connectivity index (χ2v) is 5.60. The number of ether oxygens (including phenoxy) is 1. The summed E-state index contributed by atoms with van der Waals surface area (Å²) in [6.07, 6.45) is 2.42. The zero-order chi connectivity index (χ0) is 15.2. The van der Waals surface area contributed by atoms with Crippen LogP contribution in [0.5, 0.6) is 0 Å². The van der Waals surface area contributed by atoms with E-state index in [1.54, 1.807) is 7.11 Å². The monoisotopic (exact) mass is 291 g/mol. The maximum absolute atomic E-state index is 12.5. The fraction of sp³-hybridized carbons (Fsp3) is 0.562. The molecular weight excluding hydrogens is 266 g/mol. The molecule has 116 valence electrons. The normalized spacial score (nSPS) is 15.6. The molecule has 0 spiro atoms. The van der Waals surface area contributed by atoms with Crippen LogP contribution in [0.15, 0.2) is 24.3 Å². The van der Waals surface area contributed by atoms with Gasteiger partial charge in [-0.2, -0.15) is 0 Å². The first-order valence-electron chi connectivity index (χ1n) is 7.51. The molecule has 1 saturated carbocycles. The number of amides is 2. The Morgan fingerprint density at radius 1 is 1.52 bits per heavy atom. The molecule has 0 saturated heterocycles. The molecular formula is C16H25N3O2. The molecule has 1 aliphatic carbocycles. The number of hydrogen-bond acceptors (Lipinski definition) is 3. The lowest BCUT2D eigenvalue weighted by molar-refractivity contribution is 0.134. The second-order valence-electron chi connectivity index (χ2n) is 5.60. The third kappa shape index (κ3) is 4.44. The Morgan fingerprint density at radius 3 is 2.90 bits per heavy atom. The Morgan fingerprint density at radius 2 is 2.29 bits per heavy atom. The van der Waals surface area contributed by atoms with Crippen molar-refractivity contribution < 1.29 is 9.53 Å². The molecule has 21 heavy (non-hydrogen) atoms. The van der Waals surface area contributed by atoms with E-state index in [1.165, 1.54) is 12.8 Å². The smallest absolute Gasteiger partial charge is 0.322 e. The lowest BCUT2D eigenvalue weighted by Gasteiger charge is -2.29. The standard InChI is InChI=1S/C16H25N3O2/c1-12(14-6-7-14)19(8-9-21-2)16(20)18-15-5-3-4-13(10-15)11-17/h3-5,10,12,14H,6-9,11,17H2,1-2H3,(H,18,20). The Balaban J connectivity index is 2.02. The maximum atomic E-state index is 12.5. The van der Waals surface area contributed by atoms with Crippen LogP contribution in [0.3, 0.4) is 0 Å². The van der Waals surface area contributed by atoms with Gasteiger partial charge in [-0.1, -0.05) is 12.1 Å². The maximum Gasteiger partial charge on any atom is 0.322 e. The molecule has 1 aliphatic rings. The predicted molar refractivity (Wildman–Crippen MR) is 84.1 cm³/mol. The fourth-order valence-corrected chi connectivity index (χ4v) is 2.48. The molecule has 0 heterocycles. The van der Waals surface area contributed by atoms with Gasteiger partial charge < -0.3 is 20.7 Å². The molecule has 3 N–H and O–H groups in total. The molecule has 1 fully saturated rings. The number of urea groups is 1. The highest BCUT2D eigenvalue weighted by molar-refractivity contribution is 5.89. The van der Waals surface area contributed by atoms with Crippen LogP contribution in [0, 0.1) is 5.92 Å². The fourth-order valence-electron chi connectivity index (χ4n) is 2.48. The molecule has 0 aliphatic heterocycles. The number of methoxy groups -OCH3 is 1. The minimum absolute atomic E-state index is 0.0689. The van der Waals surface area contributed by atoms with Crippen LogP contribution in [0.4, 0.5) is 10.5 Å². The van der Waals surface area contributed by atoms with Crippen LogP contribution in [-0.4, -0.2) is 37.2 Å². The first-order valence-corrected chi connectivity index (χ1v) is 7.51. The summed E-state index contributed by atoms with van der Waals surface area (Å²) < 4.78 is 5.12. The van der Waals surface area contributed by atoms with E-state index < -0.39 is 0 Å². The zero-order valence-electron chi connectivity index (χ0n) is 12.8. The van der Waals surface area contributed by atoms with Gasteiger partial charge in [-0.05, 0) is 43.4 Å². The number of benzene rings is 1. The Hall–Kier alpha value is -1.59. The summed E-state index contributed by atoms with van der Waals surface area (Å²) in [6.45, 7) is 3.74. The van der Waals surface area contributed by atoms with Gasteiger partial charge in [-0.3, -0.25) is 0 Å². The molecule has 1 aromatic rings. The summed E-state index contributed by atoms with van der Waals surface area (Å²) in [4.78, 5) is 14.4. The summed E-state index contributed by atoms with van der Waals surface area (Å²) in [6, 6.07) is 7.83. The predicted octanol–water partition coefficient (Wildman–Crippen LogP) is 2.42. The molecule has 2 rings (SSSR count). The number of rotatable bonds is 7. The summed E-state index contributed by atoms with van der Waals surface area (Å²) in [5.41, 5.74) is 7.42.